The Balaban J connectivity index is 1.92. The van der Waals surface area contributed by atoms with Crippen molar-refractivity contribution in [3.05, 3.63) is 34.4 Å². The van der Waals surface area contributed by atoms with Crippen molar-refractivity contribution in [1.82, 2.24) is 0 Å². The molecule has 168 valence electrons. The van der Waals surface area contributed by atoms with Gasteiger partial charge in [0.05, 0.1) is 6.61 Å². The summed E-state index contributed by atoms with van der Waals surface area (Å²) in [7, 11) is 0. The van der Waals surface area contributed by atoms with Crippen LogP contribution in [0.15, 0.2) is 12.1 Å². The van der Waals surface area contributed by atoms with E-state index in [2.05, 4.69) is 6.92 Å². The van der Waals surface area contributed by atoms with Crippen molar-refractivity contribution < 1.29 is 14.3 Å². The molecule has 1 unspecified atom stereocenters. The van der Waals surface area contributed by atoms with Gasteiger partial charge in [0, 0.05) is 5.56 Å². The normalized spacial score (nSPS) is 15.3. The van der Waals surface area contributed by atoms with E-state index < -0.39 is 5.92 Å². The largest absolute Gasteiger partial charge is 0.465 e. The summed E-state index contributed by atoms with van der Waals surface area (Å²) < 4.78 is 5.65. The summed E-state index contributed by atoms with van der Waals surface area (Å²) in [6.07, 6.45) is 13.8. The third-order valence-electron chi connectivity index (χ3n) is 6.57. The molecule has 3 heteroatoms. The van der Waals surface area contributed by atoms with Crippen LogP contribution in [-0.2, 0) is 9.53 Å². The van der Waals surface area contributed by atoms with Gasteiger partial charge >= 0.3 is 5.97 Å². The summed E-state index contributed by atoms with van der Waals surface area (Å²) in [4.78, 5) is 26.5. The number of unbranched alkanes of at least 4 members (excludes halogenated alkanes) is 7. The van der Waals surface area contributed by atoms with Gasteiger partial charge in [-0.15, -0.1) is 0 Å². The van der Waals surface area contributed by atoms with Crippen molar-refractivity contribution in [2.24, 2.45) is 11.8 Å². The van der Waals surface area contributed by atoms with Crippen molar-refractivity contribution in [3.63, 3.8) is 0 Å². The molecule has 1 fully saturated rings. The standard InChI is InChI=1S/C27H42O3/c1-5-6-7-8-9-10-11-14-17-30-27(29)25(23-15-12-13-16-23)26(28)24-21(3)18-20(2)19-22(24)4/h18-19,23,25H,5-17H2,1-4H3. The van der Waals surface area contributed by atoms with Gasteiger partial charge in [-0.05, 0) is 57.1 Å². The summed E-state index contributed by atoms with van der Waals surface area (Å²) in [6.45, 7) is 8.67. The fourth-order valence-electron chi connectivity index (χ4n) is 5.03. The Morgan fingerprint density at radius 1 is 0.900 bits per heavy atom. The molecule has 1 aromatic carbocycles. The van der Waals surface area contributed by atoms with Crippen LogP contribution in [-0.4, -0.2) is 18.4 Å². The lowest BCUT2D eigenvalue weighted by Crippen LogP contribution is -2.33. The van der Waals surface area contributed by atoms with Crippen LogP contribution < -0.4 is 0 Å². The molecule has 0 amide bonds. The zero-order valence-corrected chi connectivity index (χ0v) is 19.7. The number of ether oxygens (including phenoxy) is 1. The topological polar surface area (TPSA) is 43.4 Å². The number of ketones is 1. The molecule has 1 aliphatic carbocycles. The molecule has 1 aromatic rings. The van der Waals surface area contributed by atoms with E-state index in [-0.39, 0.29) is 17.7 Å². The third-order valence-corrected chi connectivity index (χ3v) is 6.57. The molecular weight excluding hydrogens is 372 g/mol. The van der Waals surface area contributed by atoms with E-state index in [0.717, 1.165) is 60.8 Å². The van der Waals surface area contributed by atoms with Gasteiger partial charge in [0.15, 0.2) is 5.78 Å². The van der Waals surface area contributed by atoms with E-state index in [4.69, 9.17) is 4.74 Å². The Hall–Kier alpha value is -1.64. The maximum atomic E-state index is 13.5. The minimum atomic E-state index is -0.637. The van der Waals surface area contributed by atoms with Gasteiger partial charge in [-0.2, -0.15) is 0 Å². The van der Waals surface area contributed by atoms with Crippen LogP contribution in [0.25, 0.3) is 0 Å². The van der Waals surface area contributed by atoms with Crippen molar-refractivity contribution in [2.75, 3.05) is 6.61 Å². The SMILES string of the molecule is CCCCCCCCCCOC(=O)C(C(=O)c1c(C)cc(C)cc1C)C1CCCC1. The molecule has 0 saturated heterocycles. The number of carbonyl (C=O) groups excluding carboxylic acids is 2. The highest BCUT2D eigenvalue weighted by molar-refractivity contribution is 6.10. The average molecular weight is 415 g/mol. The molecule has 0 spiro atoms. The number of hydrogen-bond donors (Lipinski definition) is 0. The summed E-state index contributed by atoms with van der Waals surface area (Å²) in [6, 6.07) is 4.08. The number of rotatable bonds is 13. The van der Waals surface area contributed by atoms with Gasteiger partial charge in [-0.3, -0.25) is 9.59 Å². The Morgan fingerprint density at radius 3 is 2.00 bits per heavy atom. The minimum Gasteiger partial charge on any atom is -0.465 e. The first-order valence-electron chi connectivity index (χ1n) is 12.2. The molecule has 30 heavy (non-hydrogen) atoms. The summed E-state index contributed by atoms with van der Waals surface area (Å²) in [5.74, 6) is -0.836. The lowest BCUT2D eigenvalue weighted by molar-refractivity contribution is -0.148. The minimum absolute atomic E-state index is 0.0298. The van der Waals surface area contributed by atoms with Crippen LogP contribution in [0.2, 0.25) is 0 Å². The number of esters is 1. The maximum absolute atomic E-state index is 13.5. The lowest BCUT2D eigenvalue weighted by Gasteiger charge is -2.23. The number of carbonyl (C=O) groups is 2. The van der Waals surface area contributed by atoms with Crippen LogP contribution in [0.5, 0.6) is 0 Å². The number of benzene rings is 1. The van der Waals surface area contributed by atoms with Crippen LogP contribution in [0.4, 0.5) is 0 Å². The molecule has 1 aliphatic rings. The fraction of sp³-hybridized carbons (Fsp3) is 0.704. The average Bonchev–Trinajstić information content (AvgIpc) is 3.20. The monoisotopic (exact) mass is 414 g/mol. The summed E-state index contributed by atoms with van der Waals surface area (Å²) in [5, 5.41) is 0. The predicted molar refractivity (Wildman–Crippen MR) is 124 cm³/mol. The molecule has 0 aliphatic heterocycles. The zero-order valence-electron chi connectivity index (χ0n) is 19.7. The predicted octanol–water partition coefficient (Wildman–Crippen LogP) is 7.28. The van der Waals surface area contributed by atoms with Gasteiger partial charge in [0.2, 0.25) is 0 Å². The molecule has 1 saturated carbocycles. The maximum Gasteiger partial charge on any atom is 0.317 e. The Kier molecular flexibility index (Phi) is 10.6. The van der Waals surface area contributed by atoms with Gasteiger partial charge in [-0.25, -0.2) is 0 Å². The summed E-state index contributed by atoms with van der Waals surface area (Å²) >= 11 is 0. The van der Waals surface area contributed by atoms with Gasteiger partial charge in [-0.1, -0.05) is 82.4 Å². The molecule has 0 bridgehead atoms. The zero-order chi connectivity index (χ0) is 21.9. The van der Waals surface area contributed by atoms with Crippen molar-refractivity contribution in [3.8, 4) is 0 Å². The molecule has 0 radical (unpaired) electrons. The molecule has 2 rings (SSSR count). The van der Waals surface area contributed by atoms with E-state index in [1.54, 1.807) is 0 Å². The molecule has 0 N–H and O–H groups in total. The van der Waals surface area contributed by atoms with E-state index >= 15 is 0 Å². The number of aryl methyl sites for hydroxylation is 3. The van der Waals surface area contributed by atoms with Gasteiger partial charge in [0.1, 0.15) is 5.92 Å². The number of hydrogen-bond acceptors (Lipinski definition) is 3. The third kappa shape index (κ3) is 7.25. The molecule has 0 heterocycles. The Morgan fingerprint density at radius 2 is 1.43 bits per heavy atom. The lowest BCUT2D eigenvalue weighted by atomic mass is 9.82. The van der Waals surface area contributed by atoms with Crippen LogP contribution >= 0.6 is 0 Å². The second-order valence-electron chi connectivity index (χ2n) is 9.30. The number of Topliss-reactive ketones (excluding diaryl/α,β-unsaturated/α-hetero) is 1. The van der Waals surface area contributed by atoms with Crippen LogP contribution in [0.3, 0.4) is 0 Å². The van der Waals surface area contributed by atoms with E-state index in [0.29, 0.717) is 6.61 Å². The smallest absolute Gasteiger partial charge is 0.317 e. The van der Waals surface area contributed by atoms with Crippen molar-refractivity contribution in [2.45, 2.75) is 105 Å². The highest BCUT2D eigenvalue weighted by atomic mass is 16.5. The van der Waals surface area contributed by atoms with E-state index in [1.807, 2.05) is 32.9 Å². The molecule has 3 nitrogen and oxygen atoms in total. The first kappa shape index (κ1) is 24.6. The molecule has 0 aromatic heterocycles. The quantitative estimate of drug-likeness (QED) is 0.147. The first-order valence-corrected chi connectivity index (χ1v) is 12.2. The highest BCUT2D eigenvalue weighted by Crippen LogP contribution is 2.35. The second-order valence-corrected chi connectivity index (χ2v) is 9.30. The molecule has 1 atom stereocenters. The van der Waals surface area contributed by atoms with Crippen molar-refractivity contribution >= 4 is 11.8 Å². The van der Waals surface area contributed by atoms with Crippen LogP contribution in [0, 0.1) is 32.6 Å². The van der Waals surface area contributed by atoms with Crippen LogP contribution in [0.1, 0.15) is 111 Å². The Labute approximate surface area is 184 Å². The second kappa shape index (κ2) is 12.9. The van der Waals surface area contributed by atoms with Gasteiger partial charge < -0.3 is 4.74 Å². The highest BCUT2D eigenvalue weighted by Gasteiger charge is 2.38. The fourth-order valence-corrected chi connectivity index (χ4v) is 5.03. The van der Waals surface area contributed by atoms with Gasteiger partial charge in [0.25, 0.3) is 0 Å². The summed E-state index contributed by atoms with van der Waals surface area (Å²) in [5.41, 5.74) is 3.81. The first-order chi connectivity index (χ1) is 14.5. The Bertz CT molecular complexity index is 662. The van der Waals surface area contributed by atoms with E-state index in [1.165, 1.54) is 38.5 Å². The van der Waals surface area contributed by atoms with E-state index in [9.17, 15) is 9.59 Å². The van der Waals surface area contributed by atoms with Crippen molar-refractivity contribution in [1.29, 1.82) is 0 Å². The molecular formula is C27H42O3.